The van der Waals surface area contributed by atoms with E-state index in [0.29, 0.717) is 18.9 Å². The van der Waals surface area contributed by atoms with Gasteiger partial charge in [-0.15, -0.1) is 0 Å². The minimum Gasteiger partial charge on any atom is -0.490 e. The second-order valence-electron chi connectivity index (χ2n) is 16.0. The van der Waals surface area contributed by atoms with Crippen molar-refractivity contribution in [2.24, 2.45) is 7.05 Å². The summed E-state index contributed by atoms with van der Waals surface area (Å²) in [4.78, 5) is 29.3. The van der Waals surface area contributed by atoms with Crippen LogP contribution in [0.3, 0.4) is 0 Å². The molecule has 0 bridgehead atoms. The number of para-hydroxylation sites is 1. The highest BCUT2D eigenvalue weighted by Gasteiger charge is 2.52. The number of nitrogens with zero attached hydrogens (tertiary/aromatic N) is 4. The Morgan fingerprint density at radius 2 is 1.61 bits per heavy atom. The van der Waals surface area contributed by atoms with Crippen LogP contribution in [0.4, 0.5) is 5.69 Å². The highest BCUT2D eigenvalue weighted by atomic mass is 16.7. The summed E-state index contributed by atoms with van der Waals surface area (Å²) in [6.45, 7) is 17.1. The molecule has 274 valence electrons. The molecule has 3 saturated heterocycles. The fourth-order valence-corrected chi connectivity index (χ4v) is 8.08. The van der Waals surface area contributed by atoms with Crippen LogP contribution in [0, 0.1) is 6.92 Å². The molecule has 12 heteroatoms. The number of piperazine rings is 1. The van der Waals surface area contributed by atoms with Gasteiger partial charge in [-0.1, -0.05) is 24.3 Å². The number of hydrogen-bond donors (Lipinski definition) is 1. The van der Waals surface area contributed by atoms with E-state index >= 15 is 0 Å². The molecular weight excluding hydrogens is 645 g/mol. The number of aryl methyl sites for hydroxylation is 1. The van der Waals surface area contributed by atoms with Gasteiger partial charge in [-0.2, -0.15) is 5.10 Å². The van der Waals surface area contributed by atoms with Crippen molar-refractivity contribution in [1.82, 2.24) is 20.0 Å². The topological polar surface area (TPSA) is 107 Å². The van der Waals surface area contributed by atoms with Gasteiger partial charge in [0.05, 0.1) is 52.8 Å². The maximum atomic E-state index is 12.7. The minimum atomic E-state index is -0.406. The van der Waals surface area contributed by atoms with Crippen LogP contribution in [0.5, 0.6) is 5.75 Å². The Hall–Kier alpha value is -3.45. The van der Waals surface area contributed by atoms with Crippen LogP contribution in [0.1, 0.15) is 90.3 Å². The average molecular weight is 700 g/mol. The lowest BCUT2D eigenvalue weighted by Gasteiger charge is -2.40. The predicted molar refractivity (Wildman–Crippen MR) is 199 cm³/mol. The normalized spacial score (nSPS) is 26.1. The molecule has 0 radical (unpaired) electrons. The van der Waals surface area contributed by atoms with Crippen molar-refractivity contribution in [3.63, 3.8) is 0 Å². The molecule has 1 aliphatic carbocycles. The monoisotopic (exact) mass is 699 g/mol. The van der Waals surface area contributed by atoms with Crippen molar-refractivity contribution >= 4 is 41.0 Å². The fraction of sp³-hybridized carbons (Fsp3) is 0.615. The van der Waals surface area contributed by atoms with E-state index < -0.39 is 13.0 Å². The van der Waals surface area contributed by atoms with Gasteiger partial charge in [0.1, 0.15) is 5.75 Å². The lowest BCUT2D eigenvalue weighted by molar-refractivity contribution is -0.134. The summed E-state index contributed by atoms with van der Waals surface area (Å²) in [7, 11) is 1.54. The lowest BCUT2D eigenvalue weighted by atomic mass is 9.76. The zero-order valence-corrected chi connectivity index (χ0v) is 31.4. The van der Waals surface area contributed by atoms with Crippen LogP contribution in [0.15, 0.2) is 36.4 Å². The molecule has 7 rings (SSSR count). The molecular formula is C39H54BN5O6. The van der Waals surface area contributed by atoms with E-state index in [1.807, 2.05) is 23.9 Å². The van der Waals surface area contributed by atoms with Crippen molar-refractivity contribution in [2.45, 2.75) is 115 Å². The first-order chi connectivity index (χ1) is 24.3. The maximum Gasteiger partial charge on any atom is 0.495 e. The summed E-state index contributed by atoms with van der Waals surface area (Å²) in [5.74, 6) is 0.0450. The number of fused-ring (bicyclic) bond motifs is 1. The molecule has 4 aliphatic rings. The van der Waals surface area contributed by atoms with Crippen molar-refractivity contribution < 1.29 is 28.4 Å². The highest BCUT2D eigenvalue weighted by molar-refractivity contribution is 6.62. The van der Waals surface area contributed by atoms with Gasteiger partial charge in [0.2, 0.25) is 11.8 Å². The number of nitrogens with one attached hydrogen (secondary N) is 1. The van der Waals surface area contributed by atoms with E-state index in [1.54, 1.807) is 0 Å². The molecule has 4 heterocycles. The van der Waals surface area contributed by atoms with Gasteiger partial charge in [0.15, 0.2) is 0 Å². The molecule has 0 spiro atoms. The second-order valence-corrected chi connectivity index (χ2v) is 16.0. The van der Waals surface area contributed by atoms with Crippen LogP contribution in [-0.4, -0.2) is 95.9 Å². The summed E-state index contributed by atoms with van der Waals surface area (Å²) in [5.41, 5.74) is 4.28. The molecule has 4 fully saturated rings. The Labute approximate surface area is 302 Å². The SMILES string of the molecule is Cc1c(OC2CCC(OC[C@H](C)N3CCN(c4cccc5c(C6CCC(=O)NC6=O)nn(C)c45)CC3)CC2)cccc1B1OC(C)(C)C(C)(C)O1. The van der Waals surface area contributed by atoms with Gasteiger partial charge in [0.25, 0.3) is 0 Å². The number of carbonyl (C=O) groups is 2. The van der Waals surface area contributed by atoms with Crippen LogP contribution in [0.25, 0.3) is 10.9 Å². The number of rotatable bonds is 9. The number of piperidine rings is 1. The summed E-state index contributed by atoms with van der Waals surface area (Å²) < 4.78 is 27.6. The lowest BCUT2D eigenvalue weighted by Crippen LogP contribution is -2.51. The third kappa shape index (κ3) is 7.17. The minimum absolute atomic E-state index is 0.173. The molecule has 1 saturated carbocycles. The Balaban J connectivity index is 0.881. The van der Waals surface area contributed by atoms with E-state index in [-0.39, 0.29) is 35.2 Å². The molecule has 2 amide bonds. The number of imide groups is 1. The summed E-state index contributed by atoms with van der Waals surface area (Å²) in [6, 6.07) is 12.8. The second kappa shape index (κ2) is 14.2. The molecule has 1 aromatic heterocycles. The zero-order chi connectivity index (χ0) is 36.1. The molecule has 51 heavy (non-hydrogen) atoms. The van der Waals surface area contributed by atoms with Crippen LogP contribution in [0.2, 0.25) is 0 Å². The summed E-state index contributed by atoms with van der Waals surface area (Å²) in [6.07, 6.45) is 5.21. The van der Waals surface area contributed by atoms with Gasteiger partial charge < -0.3 is 23.7 Å². The molecule has 1 unspecified atom stereocenters. The van der Waals surface area contributed by atoms with Gasteiger partial charge >= 0.3 is 7.12 Å². The number of ether oxygens (including phenoxy) is 2. The largest absolute Gasteiger partial charge is 0.495 e. The fourth-order valence-electron chi connectivity index (χ4n) is 8.08. The molecule has 2 aromatic carbocycles. The quantitative estimate of drug-likeness (QED) is 0.253. The molecule has 3 aliphatic heterocycles. The Bertz CT molecular complexity index is 1740. The third-order valence-corrected chi connectivity index (χ3v) is 12.0. The van der Waals surface area contributed by atoms with E-state index in [1.165, 1.54) is 0 Å². The summed E-state index contributed by atoms with van der Waals surface area (Å²) >= 11 is 0. The van der Waals surface area contributed by atoms with E-state index in [9.17, 15) is 9.59 Å². The highest BCUT2D eigenvalue weighted by Crippen LogP contribution is 2.38. The smallest absolute Gasteiger partial charge is 0.490 e. The number of carbonyl (C=O) groups excluding carboxylic acids is 2. The third-order valence-electron chi connectivity index (χ3n) is 12.0. The number of aromatic nitrogens is 2. The van der Waals surface area contributed by atoms with Crippen molar-refractivity contribution in [1.29, 1.82) is 0 Å². The zero-order valence-electron chi connectivity index (χ0n) is 31.4. The first kappa shape index (κ1) is 35.9. The number of benzene rings is 2. The Morgan fingerprint density at radius 3 is 2.29 bits per heavy atom. The predicted octanol–water partition coefficient (Wildman–Crippen LogP) is 4.62. The van der Waals surface area contributed by atoms with Crippen molar-refractivity contribution in [3.8, 4) is 5.75 Å². The van der Waals surface area contributed by atoms with Gasteiger partial charge in [-0.25, -0.2) is 0 Å². The number of hydrogen-bond acceptors (Lipinski definition) is 9. The average Bonchev–Trinajstić information content (AvgIpc) is 3.55. The van der Waals surface area contributed by atoms with Gasteiger partial charge in [-0.3, -0.25) is 24.5 Å². The number of amides is 2. The maximum absolute atomic E-state index is 12.7. The summed E-state index contributed by atoms with van der Waals surface area (Å²) in [5, 5.41) is 8.26. The Morgan fingerprint density at radius 1 is 0.941 bits per heavy atom. The van der Waals surface area contributed by atoms with Crippen LogP contribution in [-0.2, 0) is 30.7 Å². The first-order valence-corrected chi connectivity index (χ1v) is 18.8. The van der Waals surface area contributed by atoms with Gasteiger partial charge in [0, 0.05) is 51.1 Å². The van der Waals surface area contributed by atoms with Crippen LogP contribution >= 0.6 is 0 Å². The van der Waals surface area contributed by atoms with E-state index in [4.69, 9.17) is 23.9 Å². The van der Waals surface area contributed by atoms with E-state index in [0.717, 1.165) is 97.5 Å². The van der Waals surface area contributed by atoms with E-state index in [2.05, 4.69) is 80.9 Å². The first-order valence-electron chi connectivity index (χ1n) is 18.8. The molecule has 2 atom stereocenters. The van der Waals surface area contributed by atoms with Gasteiger partial charge in [-0.05, 0) is 96.8 Å². The standard InChI is InChI=1S/C39H54BN5O6/c1-25(24-48-27-14-16-28(17-15-27)49-33-13-9-11-31(26(33)2)40-50-38(3,4)39(5,6)51-40)44-20-22-45(23-21-44)32-12-8-10-29-35(42-43(7)36(29)32)30-18-19-34(46)41-37(30)47/h8-13,25,27-28,30H,14-24H2,1-7H3,(H,41,46,47)/t25-,27?,28?,30?/m0/s1. The van der Waals surface area contributed by atoms with Crippen molar-refractivity contribution in [2.75, 3.05) is 37.7 Å². The number of anilines is 1. The van der Waals surface area contributed by atoms with Crippen molar-refractivity contribution in [3.05, 3.63) is 47.7 Å². The Kier molecular flexibility index (Phi) is 9.99. The molecule has 3 aromatic rings. The molecule has 11 nitrogen and oxygen atoms in total. The van der Waals surface area contributed by atoms with Crippen LogP contribution < -0.4 is 20.4 Å². The molecule has 1 N–H and O–H groups in total.